The maximum absolute atomic E-state index is 11.7. The molecule has 0 radical (unpaired) electrons. The third-order valence-electron chi connectivity index (χ3n) is 3.74. The first-order valence-electron chi connectivity index (χ1n) is 6.81. The highest BCUT2D eigenvalue weighted by Gasteiger charge is 2.08. The quantitative estimate of drug-likeness (QED) is 0.920. The molecule has 3 nitrogen and oxygen atoms in total. The monoisotopic (exact) mass is 266 g/mol. The van der Waals surface area contributed by atoms with Gasteiger partial charge in [-0.3, -0.25) is 4.79 Å². The molecule has 0 bridgehead atoms. The lowest BCUT2D eigenvalue weighted by molar-refractivity contribution is 0.734. The summed E-state index contributed by atoms with van der Waals surface area (Å²) in [6.45, 7) is 6.26. The lowest BCUT2D eigenvalue weighted by Gasteiger charge is -2.11. The molecule has 0 fully saturated rings. The van der Waals surface area contributed by atoms with Gasteiger partial charge in [-0.05, 0) is 42.0 Å². The van der Waals surface area contributed by atoms with Crippen LogP contribution in [0.15, 0.2) is 35.1 Å². The summed E-state index contributed by atoms with van der Waals surface area (Å²) in [5.41, 5.74) is 3.77. The predicted molar refractivity (Wildman–Crippen MR) is 80.7 cm³/mol. The van der Waals surface area contributed by atoms with Crippen molar-refractivity contribution in [1.82, 2.24) is 4.98 Å². The molecule has 20 heavy (non-hydrogen) atoms. The molecule has 2 aromatic rings. The Morgan fingerprint density at radius 3 is 2.50 bits per heavy atom. The van der Waals surface area contributed by atoms with Gasteiger partial charge in [0.2, 0.25) is 0 Å². The summed E-state index contributed by atoms with van der Waals surface area (Å²) in [6, 6.07) is 11.8. The van der Waals surface area contributed by atoms with Crippen molar-refractivity contribution < 1.29 is 0 Å². The van der Waals surface area contributed by atoms with Crippen LogP contribution in [-0.2, 0) is 0 Å². The standard InChI is InChI=1S/C17H18N2O/c1-4-11(2)13-5-7-14(8-6-13)16-12(3)9-15(10-18)17(20)19-16/h5-9,11H,4H2,1-3H3,(H,19,20). The zero-order valence-corrected chi connectivity index (χ0v) is 12.0. The smallest absolute Gasteiger partial charge is 0.266 e. The van der Waals surface area contributed by atoms with Crippen molar-refractivity contribution in [2.24, 2.45) is 0 Å². The molecule has 1 N–H and O–H groups in total. The van der Waals surface area contributed by atoms with E-state index in [1.54, 1.807) is 6.07 Å². The Bertz CT molecular complexity index is 705. The first kappa shape index (κ1) is 14.1. The van der Waals surface area contributed by atoms with Gasteiger partial charge in [0, 0.05) is 0 Å². The van der Waals surface area contributed by atoms with Crippen LogP contribution in [0.25, 0.3) is 11.3 Å². The van der Waals surface area contributed by atoms with Crippen molar-refractivity contribution in [1.29, 1.82) is 5.26 Å². The number of hydrogen-bond donors (Lipinski definition) is 1. The summed E-state index contributed by atoms with van der Waals surface area (Å²) >= 11 is 0. The summed E-state index contributed by atoms with van der Waals surface area (Å²) in [5, 5.41) is 8.86. The molecule has 1 aromatic heterocycles. The largest absolute Gasteiger partial charge is 0.321 e. The molecule has 1 unspecified atom stereocenters. The molecule has 0 aliphatic rings. The second-order valence-electron chi connectivity index (χ2n) is 5.11. The fourth-order valence-electron chi connectivity index (χ4n) is 2.23. The second kappa shape index (κ2) is 5.75. The number of rotatable bonds is 3. The van der Waals surface area contributed by atoms with E-state index in [4.69, 9.17) is 5.26 Å². The summed E-state index contributed by atoms with van der Waals surface area (Å²) in [4.78, 5) is 14.5. The van der Waals surface area contributed by atoms with E-state index in [-0.39, 0.29) is 11.1 Å². The minimum atomic E-state index is -0.334. The first-order valence-corrected chi connectivity index (χ1v) is 6.81. The summed E-state index contributed by atoms with van der Waals surface area (Å²) in [6.07, 6.45) is 1.10. The van der Waals surface area contributed by atoms with Gasteiger partial charge < -0.3 is 4.98 Å². The van der Waals surface area contributed by atoms with Crippen LogP contribution < -0.4 is 5.56 Å². The molecule has 0 spiro atoms. The minimum absolute atomic E-state index is 0.155. The normalized spacial score (nSPS) is 11.9. The Labute approximate surface area is 118 Å². The van der Waals surface area contributed by atoms with Crippen molar-refractivity contribution in [3.05, 3.63) is 57.4 Å². The van der Waals surface area contributed by atoms with E-state index in [1.165, 1.54) is 5.56 Å². The fourth-order valence-corrected chi connectivity index (χ4v) is 2.23. The highest BCUT2D eigenvalue weighted by Crippen LogP contribution is 2.24. The Hall–Kier alpha value is -2.34. The van der Waals surface area contributed by atoms with E-state index in [1.807, 2.05) is 25.1 Å². The molecular weight excluding hydrogens is 248 g/mol. The second-order valence-corrected chi connectivity index (χ2v) is 5.11. The van der Waals surface area contributed by atoms with E-state index in [9.17, 15) is 4.79 Å². The van der Waals surface area contributed by atoms with Crippen molar-refractivity contribution in [3.63, 3.8) is 0 Å². The van der Waals surface area contributed by atoms with Crippen LogP contribution in [0.3, 0.4) is 0 Å². The number of hydrogen-bond acceptors (Lipinski definition) is 2. The van der Waals surface area contributed by atoms with E-state index >= 15 is 0 Å². The van der Waals surface area contributed by atoms with Gasteiger partial charge in [-0.1, -0.05) is 38.1 Å². The average molecular weight is 266 g/mol. The van der Waals surface area contributed by atoms with Crippen LogP contribution in [-0.4, -0.2) is 4.98 Å². The summed E-state index contributed by atoms with van der Waals surface area (Å²) in [5.74, 6) is 0.533. The first-order chi connectivity index (χ1) is 9.56. The predicted octanol–water partition coefficient (Wildman–Crippen LogP) is 3.74. The number of benzene rings is 1. The van der Waals surface area contributed by atoms with Crippen LogP contribution in [0.1, 0.15) is 42.9 Å². The number of pyridine rings is 1. The third-order valence-corrected chi connectivity index (χ3v) is 3.74. The number of H-pyrrole nitrogens is 1. The van der Waals surface area contributed by atoms with Crippen LogP contribution in [0, 0.1) is 18.3 Å². The van der Waals surface area contributed by atoms with Crippen LogP contribution in [0.5, 0.6) is 0 Å². The zero-order chi connectivity index (χ0) is 14.7. The van der Waals surface area contributed by atoms with E-state index in [0.717, 1.165) is 23.2 Å². The van der Waals surface area contributed by atoms with Crippen molar-refractivity contribution in [2.45, 2.75) is 33.1 Å². The molecule has 0 amide bonds. The zero-order valence-electron chi connectivity index (χ0n) is 12.0. The van der Waals surface area contributed by atoms with Crippen molar-refractivity contribution in [3.8, 4) is 17.3 Å². The molecule has 1 heterocycles. The highest BCUT2D eigenvalue weighted by atomic mass is 16.1. The van der Waals surface area contributed by atoms with Crippen molar-refractivity contribution in [2.75, 3.05) is 0 Å². The number of nitrogens with one attached hydrogen (secondary N) is 1. The van der Waals surface area contributed by atoms with E-state index in [0.29, 0.717) is 5.92 Å². The lowest BCUT2D eigenvalue weighted by atomic mass is 9.96. The van der Waals surface area contributed by atoms with Gasteiger partial charge in [-0.25, -0.2) is 0 Å². The van der Waals surface area contributed by atoms with Crippen LogP contribution in [0.4, 0.5) is 0 Å². The van der Waals surface area contributed by atoms with Gasteiger partial charge in [0.15, 0.2) is 0 Å². The molecule has 1 aromatic carbocycles. The third kappa shape index (κ3) is 2.65. The molecule has 0 saturated carbocycles. The van der Waals surface area contributed by atoms with Gasteiger partial charge in [0.1, 0.15) is 11.6 Å². The van der Waals surface area contributed by atoms with Crippen LogP contribution in [0.2, 0.25) is 0 Å². The van der Waals surface area contributed by atoms with Gasteiger partial charge in [0.25, 0.3) is 5.56 Å². The molecule has 2 rings (SSSR count). The number of aromatic nitrogens is 1. The SMILES string of the molecule is CCC(C)c1ccc(-c2[nH]c(=O)c(C#N)cc2C)cc1. The molecule has 3 heteroatoms. The lowest BCUT2D eigenvalue weighted by Crippen LogP contribution is -2.12. The molecular formula is C17H18N2O. The molecule has 0 aliphatic carbocycles. The Kier molecular flexibility index (Phi) is 4.05. The molecule has 1 atom stereocenters. The average Bonchev–Trinajstić information content (AvgIpc) is 2.48. The van der Waals surface area contributed by atoms with E-state index < -0.39 is 0 Å². The maximum atomic E-state index is 11.7. The maximum Gasteiger partial charge on any atom is 0.266 e. The van der Waals surface area contributed by atoms with Gasteiger partial charge in [0.05, 0.1) is 5.69 Å². The minimum Gasteiger partial charge on any atom is -0.321 e. The number of aromatic amines is 1. The topological polar surface area (TPSA) is 56.6 Å². The molecule has 0 aliphatic heterocycles. The Morgan fingerprint density at radius 1 is 1.30 bits per heavy atom. The molecule has 0 saturated heterocycles. The van der Waals surface area contributed by atoms with Gasteiger partial charge in [-0.2, -0.15) is 5.26 Å². The van der Waals surface area contributed by atoms with E-state index in [2.05, 4.69) is 31.0 Å². The number of aryl methyl sites for hydroxylation is 1. The van der Waals surface area contributed by atoms with Crippen molar-refractivity contribution >= 4 is 0 Å². The fraction of sp³-hybridized carbons (Fsp3) is 0.294. The number of nitriles is 1. The Morgan fingerprint density at radius 2 is 1.95 bits per heavy atom. The highest BCUT2D eigenvalue weighted by molar-refractivity contribution is 5.64. The Balaban J connectivity index is 2.45. The molecule has 102 valence electrons. The number of nitrogens with zero attached hydrogens (tertiary/aromatic N) is 1. The van der Waals surface area contributed by atoms with Gasteiger partial charge in [-0.15, -0.1) is 0 Å². The van der Waals surface area contributed by atoms with Crippen LogP contribution >= 0.6 is 0 Å². The summed E-state index contributed by atoms with van der Waals surface area (Å²) < 4.78 is 0. The van der Waals surface area contributed by atoms with Gasteiger partial charge >= 0.3 is 0 Å². The summed E-state index contributed by atoms with van der Waals surface area (Å²) in [7, 11) is 0.